The lowest BCUT2D eigenvalue weighted by molar-refractivity contribution is 0.476. The van der Waals surface area contributed by atoms with E-state index >= 15 is 0 Å². The van der Waals surface area contributed by atoms with E-state index in [0.717, 1.165) is 18.2 Å². The first-order valence-electron chi connectivity index (χ1n) is 4.06. The Balaban J connectivity index is 1.89. The SMILES string of the molecule is FCC1(SC2(CBr)CC2)CC1. The molecule has 0 radical (unpaired) electrons. The lowest BCUT2D eigenvalue weighted by Gasteiger charge is -2.17. The Bertz CT molecular complexity index is 145. The molecule has 0 atom stereocenters. The smallest absolute Gasteiger partial charge is 0.104 e. The summed E-state index contributed by atoms with van der Waals surface area (Å²) in [6, 6.07) is 0. The van der Waals surface area contributed by atoms with Crippen molar-refractivity contribution in [1.29, 1.82) is 0 Å². The predicted octanol–water partition coefficient (Wildman–Crippen LogP) is 3.15. The van der Waals surface area contributed by atoms with Gasteiger partial charge in [-0.1, -0.05) is 15.9 Å². The monoisotopic (exact) mass is 238 g/mol. The summed E-state index contributed by atoms with van der Waals surface area (Å²) >= 11 is 5.40. The molecular formula is C8H12BrFS. The van der Waals surface area contributed by atoms with Crippen molar-refractivity contribution in [1.82, 2.24) is 0 Å². The Morgan fingerprint density at radius 3 is 2.00 bits per heavy atom. The van der Waals surface area contributed by atoms with Gasteiger partial charge in [0.1, 0.15) is 6.67 Å². The molecule has 0 saturated heterocycles. The Hall–Kier alpha value is 0.760. The number of rotatable bonds is 4. The van der Waals surface area contributed by atoms with Crippen molar-refractivity contribution in [2.24, 2.45) is 0 Å². The fourth-order valence-corrected chi connectivity index (χ4v) is 3.81. The minimum Gasteiger partial charge on any atom is -0.250 e. The third kappa shape index (κ3) is 1.59. The van der Waals surface area contributed by atoms with Crippen molar-refractivity contribution in [3.63, 3.8) is 0 Å². The van der Waals surface area contributed by atoms with Crippen LogP contribution in [0.25, 0.3) is 0 Å². The molecule has 0 nitrogen and oxygen atoms in total. The standard InChI is InChI=1S/C8H12BrFS/c9-5-7(1-2-7)11-8(6-10)3-4-8/h1-6H2. The molecular weight excluding hydrogens is 227 g/mol. The molecule has 0 heterocycles. The predicted molar refractivity (Wildman–Crippen MR) is 51.3 cm³/mol. The summed E-state index contributed by atoms with van der Waals surface area (Å²) in [6.07, 6.45) is 4.77. The van der Waals surface area contributed by atoms with Gasteiger partial charge in [0.25, 0.3) is 0 Å². The van der Waals surface area contributed by atoms with Crippen LogP contribution in [0, 0.1) is 0 Å². The summed E-state index contributed by atoms with van der Waals surface area (Å²) in [4.78, 5) is 0. The Morgan fingerprint density at radius 2 is 1.73 bits per heavy atom. The van der Waals surface area contributed by atoms with Crippen LogP contribution in [0.15, 0.2) is 0 Å². The third-order valence-electron chi connectivity index (χ3n) is 2.54. The molecule has 0 spiro atoms. The minimum absolute atomic E-state index is 0.0598. The van der Waals surface area contributed by atoms with Gasteiger partial charge in [0, 0.05) is 14.8 Å². The van der Waals surface area contributed by atoms with Gasteiger partial charge in [-0.05, 0) is 25.7 Å². The van der Waals surface area contributed by atoms with E-state index in [1.54, 1.807) is 0 Å². The second kappa shape index (κ2) is 2.63. The Kier molecular flexibility index (Phi) is 2.00. The fourth-order valence-electron chi connectivity index (χ4n) is 1.26. The lowest BCUT2D eigenvalue weighted by Crippen LogP contribution is -2.15. The summed E-state index contributed by atoms with van der Waals surface area (Å²) in [5, 5.41) is 1.05. The van der Waals surface area contributed by atoms with Gasteiger partial charge < -0.3 is 0 Å². The number of thioether (sulfide) groups is 1. The molecule has 64 valence electrons. The molecule has 0 aromatic rings. The first kappa shape index (κ1) is 8.36. The largest absolute Gasteiger partial charge is 0.250 e. The minimum atomic E-state index is -0.119. The topological polar surface area (TPSA) is 0 Å². The van der Waals surface area contributed by atoms with Gasteiger partial charge in [0.15, 0.2) is 0 Å². The van der Waals surface area contributed by atoms with Gasteiger partial charge in [0.2, 0.25) is 0 Å². The van der Waals surface area contributed by atoms with Gasteiger partial charge in [-0.2, -0.15) is 0 Å². The third-order valence-corrected chi connectivity index (χ3v) is 5.92. The van der Waals surface area contributed by atoms with Crippen LogP contribution in [0.2, 0.25) is 0 Å². The van der Waals surface area contributed by atoms with E-state index < -0.39 is 0 Å². The summed E-state index contributed by atoms with van der Waals surface area (Å²) in [6.45, 7) is -0.119. The van der Waals surface area contributed by atoms with Gasteiger partial charge in [0.05, 0.1) is 0 Å². The molecule has 0 aliphatic heterocycles. The fraction of sp³-hybridized carbons (Fsp3) is 1.00. The average Bonchev–Trinajstić information content (AvgIpc) is 2.90. The van der Waals surface area contributed by atoms with E-state index in [1.807, 2.05) is 11.8 Å². The van der Waals surface area contributed by atoms with Crippen LogP contribution < -0.4 is 0 Å². The van der Waals surface area contributed by atoms with Crippen molar-refractivity contribution in [3.8, 4) is 0 Å². The summed E-state index contributed by atoms with van der Waals surface area (Å²) in [5.41, 5.74) is 0. The van der Waals surface area contributed by atoms with E-state index in [1.165, 1.54) is 12.8 Å². The van der Waals surface area contributed by atoms with Crippen molar-refractivity contribution in [3.05, 3.63) is 0 Å². The van der Waals surface area contributed by atoms with Crippen molar-refractivity contribution in [2.75, 3.05) is 12.0 Å². The number of hydrogen-bond acceptors (Lipinski definition) is 1. The van der Waals surface area contributed by atoms with Crippen LogP contribution >= 0.6 is 27.7 Å². The number of hydrogen-bond donors (Lipinski definition) is 0. The molecule has 0 bridgehead atoms. The molecule has 0 amide bonds. The maximum atomic E-state index is 12.5. The number of halogens is 2. The van der Waals surface area contributed by atoms with Crippen LogP contribution in [0.4, 0.5) is 4.39 Å². The van der Waals surface area contributed by atoms with Gasteiger partial charge in [-0.3, -0.25) is 0 Å². The molecule has 3 heteroatoms. The highest BCUT2D eigenvalue weighted by Crippen LogP contribution is 2.62. The zero-order valence-corrected chi connectivity index (χ0v) is 8.81. The van der Waals surface area contributed by atoms with Crippen LogP contribution in [-0.2, 0) is 0 Å². The van der Waals surface area contributed by atoms with Crippen LogP contribution in [0.3, 0.4) is 0 Å². The maximum Gasteiger partial charge on any atom is 0.104 e. The van der Waals surface area contributed by atoms with E-state index in [0.29, 0.717) is 4.75 Å². The molecule has 0 aromatic carbocycles. The van der Waals surface area contributed by atoms with Gasteiger partial charge in [-0.25, -0.2) is 4.39 Å². The van der Waals surface area contributed by atoms with Crippen molar-refractivity contribution < 1.29 is 4.39 Å². The molecule has 11 heavy (non-hydrogen) atoms. The van der Waals surface area contributed by atoms with E-state index in [-0.39, 0.29) is 11.4 Å². The molecule has 0 unspecified atom stereocenters. The number of alkyl halides is 2. The Labute approximate surface area is 79.4 Å². The summed E-state index contributed by atoms with van der Waals surface area (Å²) in [5.74, 6) is 0. The average molecular weight is 239 g/mol. The van der Waals surface area contributed by atoms with E-state index in [9.17, 15) is 4.39 Å². The molecule has 0 N–H and O–H groups in total. The summed E-state index contributed by atoms with van der Waals surface area (Å²) < 4.78 is 13.0. The van der Waals surface area contributed by atoms with E-state index in [2.05, 4.69) is 15.9 Å². The van der Waals surface area contributed by atoms with Crippen molar-refractivity contribution in [2.45, 2.75) is 35.2 Å². The molecule has 2 saturated carbocycles. The first-order valence-corrected chi connectivity index (χ1v) is 6.00. The Morgan fingerprint density at radius 1 is 1.18 bits per heavy atom. The summed E-state index contributed by atoms with van der Waals surface area (Å²) in [7, 11) is 0. The van der Waals surface area contributed by atoms with Gasteiger partial charge >= 0.3 is 0 Å². The zero-order valence-electron chi connectivity index (χ0n) is 6.41. The zero-order chi connectivity index (χ0) is 7.95. The molecule has 2 aliphatic rings. The first-order chi connectivity index (χ1) is 5.24. The second-order valence-electron chi connectivity index (χ2n) is 3.74. The van der Waals surface area contributed by atoms with E-state index in [4.69, 9.17) is 0 Å². The molecule has 2 fully saturated rings. The highest BCUT2D eigenvalue weighted by atomic mass is 79.9. The van der Waals surface area contributed by atoms with Crippen molar-refractivity contribution >= 4 is 27.7 Å². The van der Waals surface area contributed by atoms with Crippen LogP contribution in [-0.4, -0.2) is 21.5 Å². The van der Waals surface area contributed by atoms with Crippen LogP contribution in [0.1, 0.15) is 25.7 Å². The molecule has 2 aliphatic carbocycles. The van der Waals surface area contributed by atoms with Crippen LogP contribution in [0.5, 0.6) is 0 Å². The highest BCUT2D eigenvalue weighted by Gasteiger charge is 2.54. The lowest BCUT2D eigenvalue weighted by atomic mass is 10.5. The highest BCUT2D eigenvalue weighted by molar-refractivity contribution is 9.09. The normalized spacial score (nSPS) is 30.0. The molecule has 0 aromatic heterocycles. The quantitative estimate of drug-likeness (QED) is 0.679. The second-order valence-corrected chi connectivity index (χ2v) is 6.23. The maximum absolute atomic E-state index is 12.5. The van der Waals surface area contributed by atoms with Gasteiger partial charge in [-0.15, -0.1) is 11.8 Å². The molecule has 2 rings (SSSR count).